The predicted molar refractivity (Wildman–Crippen MR) is 78.4 cm³/mol. The van der Waals surface area contributed by atoms with Gasteiger partial charge in [0.2, 0.25) is 0 Å². The van der Waals surface area contributed by atoms with Gasteiger partial charge >= 0.3 is 0 Å². The molecule has 3 nitrogen and oxygen atoms in total. The van der Waals surface area contributed by atoms with Gasteiger partial charge in [-0.05, 0) is 37.5 Å². The van der Waals surface area contributed by atoms with E-state index in [1.165, 1.54) is 19.3 Å². The molecule has 2 aromatic rings. The lowest BCUT2D eigenvalue weighted by Gasteiger charge is -2.25. The number of pyridine rings is 1. The van der Waals surface area contributed by atoms with Crippen LogP contribution in [0.2, 0.25) is 0 Å². The van der Waals surface area contributed by atoms with Crippen molar-refractivity contribution in [1.82, 2.24) is 4.98 Å². The molecular formula is C15H16BrNO2. The first kappa shape index (κ1) is 12.9. The molecule has 100 valence electrons. The van der Waals surface area contributed by atoms with E-state index < -0.39 is 0 Å². The fraction of sp³-hybridized carbons (Fsp3) is 0.400. The van der Waals surface area contributed by atoms with E-state index in [2.05, 4.69) is 20.9 Å². The molecule has 1 fully saturated rings. The number of methoxy groups -OCH3 is 1. The van der Waals surface area contributed by atoms with Crippen LogP contribution in [0, 0.1) is 0 Å². The van der Waals surface area contributed by atoms with Crippen LogP contribution in [0.15, 0.2) is 28.9 Å². The Bertz CT molecular complexity index is 596. The van der Waals surface area contributed by atoms with E-state index in [1.54, 1.807) is 7.11 Å². The van der Waals surface area contributed by atoms with Gasteiger partial charge in [-0.2, -0.15) is 0 Å². The summed E-state index contributed by atoms with van der Waals surface area (Å²) in [4.78, 5) is 4.47. The zero-order valence-corrected chi connectivity index (χ0v) is 12.4. The lowest BCUT2D eigenvalue weighted by molar-refractivity contribution is -0.00828. The van der Waals surface area contributed by atoms with Gasteiger partial charge in [-0.15, -0.1) is 0 Å². The first-order valence-corrected chi connectivity index (χ1v) is 7.30. The molecule has 1 aromatic heterocycles. The Morgan fingerprint density at radius 3 is 2.89 bits per heavy atom. The molecule has 0 saturated heterocycles. The van der Waals surface area contributed by atoms with Crippen molar-refractivity contribution in [2.24, 2.45) is 0 Å². The molecular weight excluding hydrogens is 306 g/mol. The van der Waals surface area contributed by atoms with Crippen molar-refractivity contribution in [3.05, 3.63) is 34.4 Å². The summed E-state index contributed by atoms with van der Waals surface area (Å²) in [5.41, 5.74) is 2.07. The maximum atomic E-state index is 5.90. The highest BCUT2D eigenvalue weighted by Gasteiger charge is 2.18. The Hall–Kier alpha value is -1.13. The van der Waals surface area contributed by atoms with Crippen molar-refractivity contribution >= 4 is 26.8 Å². The second-order valence-electron chi connectivity index (χ2n) is 4.84. The highest BCUT2D eigenvalue weighted by molar-refractivity contribution is 9.10. The molecule has 0 atom stereocenters. The van der Waals surface area contributed by atoms with Crippen molar-refractivity contribution in [3.63, 3.8) is 0 Å². The highest BCUT2D eigenvalue weighted by Crippen LogP contribution is 2.31. The summed E-state index contributed by atoms with van der Waals surface area (Å²) in [5.74, 6) is 0.841. The van der Waals surface area contributed by atoms with E-state index in [9.17, 15) is 0 Å². The monoisotopic (exact) mass is 321 g/mol. The molecule has 1 aromatic carbocycles. The van der Waals surface area contributed by atoms with Crippen molar-refractivity contribution in [2.45, 2.75) is 32.0 Å². The van der Waals surface area contributed by atoms with Gasteiger partial charge in [0, 0.05) is 21.6 Å². The zero-order valence-electron chi connectivity index (χ0n) is 10.9. The molecule has 0 unspecified atom stereocenters. The third kappa shape index (κ3) is 2.60. The minimum absolute atomic E-state index is 0.424. The number of benzene rings is 1. The molecule has 1 saturated carbocycles. The Kier molecular flexibility index (Phi) is 3.71. The third-order valence-corrected chi connectivity index (χ3v) is 4.30. The normalized spacial score (nSPS) is 15.5. The summed E-state index contributed by atoms with van der Waals surface area (Å²) in [6.45, 7) is 0.599. The summed E-state index contributed by atoms with van der Waals surface area (Å²) < 4.78 is 12.3. The second-order valence-corrected chi connectivity index (χ2v) is 5.69. The van der Waals surface area contributed by atoms with Gasteiger partial charge in [0.05, 0.1) is 25.3 Å². The van der Waals surface area contributed by atoms with Crippen LogP contribution in [0.4, 0.5) is 0 Å². The topological polar surface area (TPSA) is 31.4 Å². The second kappa shape index (κ2) is 5.47. The summed E-state index contributed by atoms with van der Waals surface area (Å²) in [6, 6.07) is 5.96. The van der Waals surface area contributed by atoms with E-state index in [0.717, 1.165) is 26.7 Å². The molecule has 0 radical (unpaired) electrons. The Morgan fingerprint density at radius 2 is 2.21 bits per heavy atom. The molecule has 3 rings (SSSR count). The van der Waals surface area contributed by atoms with E-state index in [4.69, 9.17) is 9.47 Å². The van der Waals surface area contributed by atoms with E-state index >= 15 is 0 Å². The highest BCUT2D eigenvalue weighted by atomic mass is 79.9. The van der Waals surface area contributed by atoms with Crippen LogP contribution in [0.3, 0.4) is 0 Å². The van der Waals surface area contributed by atoms with Gasteiger partial charge in [-0.3, -0.25) is 4.98 Å². The summed E-state index contributed by atoms with van der Waals surface area (Å²) in [7, 11) is 1.68. The molecule has 0 spiro atoms. The number of hydrogen-bond donors (Lipinski definition) is 0. The van der Waals surface area contributed by atoms with E-state index in [-0.39, 0.29) is 0 Å². The Labute approximate surface area is 121 Å². The molecule has 1 heterocycles. The standard InChI is InChI=1S/C15H16BrNO2/c1-18-12-7-10(9-19-11-3-2-4-11)15-13(8-12)14(16)5-6-17-15/h5-8,11H,2-4,9H2,1H3. The number of halogens is 1. The van der Waals surface area contributed by atoms with Crippen molar-refractivity contribution < 1.29 is 9.47 Å². The van der Waals surface area contributed by atoms with Crippen LogP contribution < -0.4 is 4.74 Å². The van der Waals surface area contributed by atoms with Gasteiger partial charge in [-0.25, -0.2) is 0 Å². The van der Waals surface area contributed by atoms with Crippen molar-refractivity contribution in [2.75, 3.05) is 7.11 Å². The van der Waals surface area contributed by atoms with Crippen LogP contribution >= 0.6 is 15.9 Å². The van der Waals surface area contributed by atoms with Crippen LogP contribution in [-0.2, 0) is 11.3 Å². The molecule has 0 amide bonds. The number of ether oxygens (including phenoxy) is 2. The van der Waals surface area contributed by atoms with Gasteiger partial charge in [-0.1, -0.05) is 15.9 Å². The Morgan fingerprint density at radius 1 is 1.37 bits per heavy atom. The summed E-state index contributed by atoms with van der Waals surface area (Å²) >= 11 is 3.56. The molecule has 1 aliphatic carbocycles. The minimum atomic E-state index is 0.424. The maximum absolute atomic E-state index is 5.90. The van der Waals surface area contributed by atoms with Crippen molar-refractivity contribution in [3.8, 4) is 5.75 Å². The van der Waals surface area contributed by atoms with Crippen LogP contribution in [0.5, 0.6) is 5.75 Å². The molecule has 0 aliphatic heterocycles. The first-order chi connectivity index (χ1) is 9.28. The number of aromatic nitrogens is 1. The quantitative estimate of drug-likeness (QED) is 0.850. The largest absolute Gasteiger partial charge is 0.497 e. The average molecular weight is 322 g/mol. The predicted octanol–water partition coefficient (Wildman–Crippen LogP) is 4.08. The van der Waals surface area contributed by atoms with Crippen LogP contribution in [0.1, 0.15) is 24.8 Å². The van der Waals surface area contributed by atoms with Gasteiger partial charge in [0.1, 0.15) is 5.75 Å². The first-order valence-electron chi connectivity index (χ1n) is 6.50. The smallest absolute Gasteiger partial charge is 0.120 e. The minimum Gasteiger partial charge on any atom is -0.497 e. The van der Waals surface area contributed by atoms with Gasteiger partial charge < -0.3 is 9.47 Å². The lowest BCUT2D eigenvalue weighted by atomic mass is 9.96. The van der Waals surface area contributed by atoms with Crippen LogP contribution in [-0.4, -0.2) is 18.2 Å². The fourth-order valence-corrected chi connectivity index (χ4v) is 2.66. The van der Waals surface area contributed by atoms with E-state index in [1.807, 2.05) is 24.4 Å². The van der Waals surface area contributed by atoms with Gasteiger partial charge in [0.25, 0.3) is 0 Å². The number of fused-ring (bicyclic) bond motifs is 1. The molecule has 1 aliphatic rings. The molecule has 19 heavy (non-hydrogen) atoms. The van der Waals surface area contributed by atoms with Crippen LogP contribution in [0.25, 0.3) is 10.9 Å². The maximum Gasteiger partial charge on any atom is 0.120 e. The molecule has 4 heteroatoms. The molecule has 0 N–H and O–H groups in total. The number of hydrogen-bond acceptors (Lipinski definition) is 3. The zero-order chi connectivity index (χ0) is 13.2. The number of nitrogens with zero attached hydrogens (tertiary/aromatic N) is 1. The molecule has 0 bridgehead atoms. The number of rotatable bonds is 4. The van der Waals surface area contributed by atoms with Crippen molar-refractivity contribution in [1.29, 1.82) is 0 Å². The Balaban J connectivity index is 1.97. The van der Waals surface area contributed by atoms with E-state index in [0.29, 0.717) is 12.7 Å². The summed E-state index contributed by atoms with van der Waals surface area (Å²) in [5, 5.41) is 1.06. The third-order valence-electron chi connectivity index (χ3n) is 3.61. The summed E-state index contributed by atoms with van der Waals surface area (Å²) in [6.07, 6.45) is 5.88. The fourth-order valence-electron chi connectivity index (χ4n) is 2.24. The van der Waals surface area contributed by atoms with Gasteiger partial charge in [0.15, 0.2) is 0 Å². The average Bonchev–Trinajstić information content (AvgIpc) is 2.37. The lowest BCUT2D eigenvalue weighted by Crippen LogP contribution is -2.21. The SMILES string of the molecule is COc1cc(COC2CCC2)c2nccc(Br)c2c1.